The first-order valence-corrected chi connectivity index (χ1v) is 3.93. The number of hydrogen-bond donors (Lipinski definition) is 1. The van der Waals surface area contributed by atoms with Gasteiger partial charge in [-0.2, -0.15) is 0 Å². The maximum absolute atomic E-state index is 11.2. The zero-order chi connectivity index (χ0) is 9.19. The van der Waals surface area contributed by atoms with Crippen molar-refractivity contribution in [2.75, 3.05) is 13.7 Å². The Hall–Kier alpha value is -1.06. The molecule has 68 valence electrons. The highest BCUT2D eigenvalue weighted by molar-refractivity contribution is 5.88. The van der Waals surface area contributed by atoms with Crippen LogP contribution in [0.5, 0.6) is 0 Å². The van der Waals surface area contributed by atoms with E-state index in [0.717, 1.165) is 0 Å². The summed E-state index contributed by atoms with van der Waals surface area (Å²) < 4.78 is 4.51. The minimum absolute atomic E-state index is 0.0482. The fraction of sp³-hybridized carbons (Fsp3) is 0.750. The first-order chi connectivity index (χ1) is 5.58. The summed E-state index contributed by atoms with van der Waals surface area (Å²) in [5, 5.41) is 2.69. The van der Waals surface area contributed by atoms with Gasteiger partial charge in [-0.15, -0.1) is 0 Å². The quantitative estimate of drug-likeness (QED) is 0.598. The smallest absolute Gasteiger partial charge is 0.306 e. The highest BCUT2D eigenvalue weighted by atomic mass is 16.5. The number of rotatable bonds is 2. The first-order valence-electron chi connectivity index (χ1n) is 3.93. The molecule has 12 heavy (non-hydrogen) atoms. The van der Waals surface area contributed by atoms with E-state index in [1.54, 1.807) is 6.92 Å². The summed E-state index contributed by atoms with van der Waals surface area (Å²) in [6.45, 7) is 2.44. The molecule has 0 aromatic carbocycles. The largest absolute Gasteiger partial charge is 0.469 e. The molecule has 0 aliphatic carbocycles. The normalized spacial score (nSPS) is 28.3. The van der Waals surface area contributed by atoms with Gasteiger partial charge in [0.2, 0.25) is 5.91 Å². The van der Waals surface area contributed by atoms with Gasteiger partial charge in [0, 0.05) is 6.54 Å². The van der Waals surface area contributed by atoms with E-state index in [2.05, 4.69) is 10.1 Å². The summed E-state index contributed by atoms with van der Waals surface area (Å²) in [4.78, 5) is 22.1. The monoisotopic (exact) mass is 171 g/mol. The number of carbonyl (C=O) groups is 2. The fourth-order valence-corrected chi connectivity index (χ4v) is 1.34. The van der Waals surface area contributed by atoms with Crippen molar-refractivity contribution in [3.05, 3.63) is 0 Å². The third kappa shape index (κ3) is 1.57. The van der Waals surface area contributed by atoms with Crippen molar-refractivity contribution in [2.24, 2.45) is 5.41 Å². The molecule has 1 amide bonds. The Morgan fingerprint density at radius 2 is 2.42 bits per heavy atom. The van der Waals surface area contributed by atoms with Gasteiger partial charge in [0.05, 0.1) is 18.9 Å². The van der Waals surface area contributed by atoms with Crippen LogP contribution in [0.1, 0.15) is 19.8 Å². The fourth-order valence-electron chi connectivity index (χ4n) is 1.34. The van der Waals surface area contributed by atoms with Crippen LogP contribution >= 0.6 is 0 Å². The average molecular weight is 171 g/mol. The average Bonchev–Trinajstić information content (AvgIpc) is 2.32. The molecule has 1 saturated heterocycles. The summed E-state index contributed by atoms with van der Waals surface area (Å²) in [5.41, 5.74) is -0.549. The Balaban J connectivity index is 2.59. The van der Waals surface area contributed by atoms with Crippen molar-refractivity contribution in [1.29, 1.82) is 0 Å². The van der Waals surface area contributed by atoms with Crippen molar-refractivity contribution < 1.29 is 14.3 Å². The SMILES string of the molecule is COC(=O)CC1(C)CCNC1=O. The lowest BCUT2D eigenvalue weighted by Gasteiger charge is -2.17. The van der Waals surface area contributed by atoms with E-state index in [0.29, 0.717) is 13.0 Å². The molecule has 1 aliphatic heterocycles. The molecule has 1 unspecified atom stereocenters. The lowest BCUT2D eigenvalue weighted by Crippen LogP contribution is -2.30. The minimum atomic E-state index is -0.549. The second-order valence-electron chi connectivity index (χ2n) is 3.32. The van der Waals surface area contributed by atoms with Crippen LogP contribution in [0.25, 0.3) is 0 Å². The van der Waals surface area contributed by atoms with Gasteiger partial charge in [0.25, 0.3) is 0 Å². The number of methoxy groups -OCH3 is 1. The van der Waals surface area contributed by atoms with Crippen LogP contribution in [-0.4, -0.2) is 25.5 Å². The molecule has 0 spiro atoms. The van der Waals surface area contributed by atoms with Crippen LogP contribution in [0.15, 0.2) is 0 Å². The van der Waals surface area contributed by atoms with E-state index in [-0.39, 0.29) is 18.3 Å². The van der Waals surface area contributed by atoms with Gasteiger partial charge >= 0.3 is 5.97 Å². The second kappa shape index (κ2) is 3.13. The molecule has 1 atom stereocenters. The molecule has 1 rings (SSSR count). The van der Waals surface area contributed by atoms with Crippen LogP contribution in [0, 0.1) is 5.41 Å². The number of hydrogen-bond acceptors (Lipinski definition) is 3. The molecule has 1 N–H and O–H groups in total. The Morgan fingerprint density at radius 3 is 2.83 bits per heavy atom. The van der Waals surface area contributed by atoms with Gasteiger partial charge in [-0.05, 0) is 6.42 Å². The van der Waals surface area contributed by atoms with E-state index in [1.165, 1.54) is 7.11 Å². The molecule has 4 nitrogen and oxygen atoms in total. The van der Waals surface area contributed by atoms with Crippen molar-refractivity contribution in [3.63, 3.8) is 0 Å². The number of carbonyl (C=O) groups excluding carboxylic acids is 2. The van der Waals surface area contributed by atoms with Crippen LogP contribution < -0.4 is 5.32 Å². The summed E-state index contributed by atoms with van der Waals surface area (Å²) in [5.74, 6) is -0.373. The van der Waals surface area contributed by atoms with Gasteiger partial charge in [-0.3, -0.25) is 9.59 Å². The number of ether oxygens (including phenoxy) is 1. The zero-order valence-electron chi connectivity index (χ0n) is 7.35. The molecular weight excluding hydrogens is 158 g/mol. The maximum atomic E-state index is 11.2. The van der Waals surface area contributed by atoms with Crippen LogP contribution in [0.2, 0.25) is 0 Å². The highest BCUT2D eigenvalue weighted by Crippen LogP contribution is 2.29. The topological polar surface area (TPSA) is 55.4 Å². The zero-order valence-corrected chi connectivity index (χ0v) is 7.35. The van der Waals surface area contributed by atoms with E-state index < -0.39 is 5.41 Å². The molecule has 0 radical (unpaired) electrons. The molecule has 0 aromatic rings. The minimum Gasteiger partial charge on any atom is -0.469 e. The van der Waals surface area contributed by atoms with Crippen LogP contribution in [0.3, 0.4) is 0 Å². The lowest BCUT2D eigenvalue weighted by atomic mass is 9.85. The van der Waals surface area contributed by atoms with Gasteiger partial charge in [-0.25, -0.2) is 0 Å². The summed E-state index contributed by atoms with van der Waals surface area (Å²) in [7, 11) is 1.33. The van der Waals surface area contributed by atoms with Gasteiger partial charge in [0.15, 0.2) is 0 Å². The Bertz CT molecular complexity index is 214. The predicted molar refractivity (Wildman–Crippen MR) is 42.4 cm³/mol. The van der Waals surface area contributed by atoms with Gasteiger partial charge < -0.3 is 10.1 Å². The van der Waals surface area contributed by atoms with E-state index >= 15 is 0 Å². The van der Waals surface area contributed by atoms with Crippen molar-refractivity contribution >= 4 is 11.9 Å². The Morgan fingerprint density at radius 1 is 1.75 bits per heavy atom. The lowest BCUT2D eigenvalue weighted by molar-refractivity contribution is -0.146. The molecule has 4 heteroatoms. The van der Waals surface area contributed by atoms with E-state index in [4.69, 9.17) is 0 Å². The number of amides is 1. The van der Waals surface area contributed by atoms with Crippen molar-refractivity contribution in [2.45, 2.75) is 19.8 Å². The summed E-state index contributed by atoms with van der Waals surface area (Å²) in [6.07, 6.45) is 0.885. The summed E-state index contributed by atoms with van der Waals surface area (Å²) in [6, 6.07) is 0. The van der Waals surface area contributed by atoms with E-state index in [1.807, 2.05) is 0 Å². The van der Waals surface area contributed by atoms with Crippen molar-refractivity contribution in [1.82, 2.24) is 5.32 Å². The summed E-state index contributed by atoms with van der Waals surface area (Å²) >= 11 is 0. The second-order valence-corrected chi connectivity index (χ2v) is 3.32. The molecule has 1 heterocycles. The Kier molecular flexibility index (Phi) is 2.35. The van der Waals surface area contributed by atoms with E-state index in [9.17, 15) is 9.59 Å². The molecular formula is C8H13NO3. The third-order valence-corrected chi connectivity index (χ3v) is 2.27. The third-order valence-electron chi connectivity index (χ3n) is 2.27. The maximum Gasteiger partial charge on any atom is 0.306 e. The Labute approximate surface area is 71.3 Å². The molecule has 1 fully saturated rings. The standard InChI is InChI=1S/C8H13NO3/c1-8(5-6(10)12-2)3-4-9-7(8)11/h3-5H2,1-2H3,(H,9,11). The van der Waals surface area contributed by atoms with Gasteiger partial charge in [-0.1, -0.05) is 6.92 Å². The van der Waals surface area contributed by atoms with Crippen LogP contribution in [-0.2, 0) is 14.3 Å². The molecule has 0 bridgehead atoms. The number of esters is 1. The highest BCUT2D eigenvalue weighted by Gasteiger charge is 2.39. The first kappa shape index (κ1) is 9.03. The van der Waals surface area contributed by atoms with Crippen LogP contribution in [0.4, 0.5) is 0 Å². The predicted octanol–water partition coefficient (Wildman–Crippen LogP) is 0.0757. The molecule has 1 aliphatic rings. The molecule has 0 saturated carbocycles. The molecule has 0 aromatic heterocycles. The number of nitrogens with one attached hydrogen (secondary N) is 1. The van der Waals surface area contributed by atoms with Gasteiger partial charge in [0.1, 0.15) is 0 Å². The van der Waals surface area contributed by atoms with Crippen molar-refractivity contribution in [3.8, 4) is 0 Å².